The molecule has 1 radical (unpaired) electrons. The first-order chi connectivity index (χ1) is 28.6. The zero-order valence-corrected chi connectivity index (χ0v) is 35.6. The predicted molar refractivity (Wildman–Crippen MR) is 235 cm³/mol. The Balaban J connectivity index is 1.45. The lowest BCUT2D eigenvalue weighted by atomic mass is 9.95. The minimum absolute atomic E-state index is 0.000170. The van der Waals surface area contributed by atoms with Gasteiger partial charge in [0.15, 0.2) is 11.6 Å². The fraction of sp³-hybridized carbons (Fsp3) is 0.318. The molecule has 4 rings (SSSR count). The van der Waals surface area contributed by atoms with Gasteiger partial charge in [-0.1, -0.05) is 124 Å². The second-order valence-electron chi connectivity index (χ2n) is 14.5. The first-order valence-electron chi connectivity index (χ1n) is 19.2. The van der Waals surface area contributed by atoms with E-state index in [-0.39, 0.29) is 54.3 Å². The lowest BCUT2D eigenvalue weighted by Gasteiger charge is -2.22. The normalized spacial score (nSPS) is 13.9. The average Bonchev–Trinajstić information content (AvgIpc) is 3.22. The first-order valence-corrected chi connectivity index (χ1v) is 23.2. The van der Waals surface area contributed by atoms with Crippen molar-refractivity contribution in [2.24, 2.45) is 17.4 Å². The highest BCUT2D eigenvalue weighted by Gasteiger charge is 2.30. The molecule has 0 heterocycles. The van der Waals surface area contributed by atoms with Crippen LogP contribution in [0.15, 0.2) is 114 Å². The van der Waals surface area contributed by atoms with Crippen LogP contribution in [0.5, 0.6) is 0 Å². The summed E-state index contributed by atoms with van der Waals surface area (Å²) in [4.78, 5) is 66.1. The Morgan fingerprint density at radius 2 is 1.17 bits per heavy atom. The number of carboxylic acids is 1. The number of aryl methyl sites for hydroxylation is 1. The van der Waals surface area contributed by atoms with Crippen molar-refractivity contribution in [1.82, 2.24) is 10.6 Å². The number of hydrogen-bond acceptors (Lipinski definition) is 11. The first kappa shape index (κ1) is 47.8. The third kappa shape index (κ3) is 16.3. The van der Waals surface area contributed by atoms with Gasteiger partial charge in [0.1, 0.15) is 6.04 Å². The topological polar surface area (TPSA) is 236 Å². The average molecular weight is 876 g/mol. The molecule has 0 aliphatic heterocycles. The van der Waals surface area contributed by atoms with Crippen LogP contribution >= 0.6 is 21.6 Å². The summed E-state index contributed by atoms with van der Waals surface area (Å²) in [6, 6.07) is 27.1. The molecule has 0 aromatic heterocycles. The molecule has 13 nitrogen and oxygen atoms in total. The molecule has 0 spiro atoms. The van der Waals surface area contributed by atoms with Crippen LogP contribution in [0.3, 0.4) is 0 Å². The molecule has 5 unspecified atom stereocenters. The van der Waals surface area contributed by atoms with Crippen molar-refractivity contribution in [1.29, 1.82) is 0 Å². The van der Waals surface area contributed by atoms with Crippen molar-refractivity contribution >= 4 is 61.1 Å². The summed E-state index contributed by atoms with van der Waals surface area (Å²) < 4.78 is 32.2. The van der Waals surface area contributed by atoms with E-state index < -0.39 is 63.8 Å². The fourth-order valence-corrected chi connectivity index (χ4v) is 9.06. The van der Waals surface area contributed by atoms with E-state index in [0.717, 1.165) is 16.7 Å². The number of carbonyl (C=O) groups is 5. The van der Waals surface area contributed by atoms with Crippen LogP contribution in [-0.4, -0.2) is 83.1 Å². The van der Waals surface area contributed by atoms with Gasteiger partial charge in [-0.25, -0.2) is 4.79 Å². The Morgan fingerprint density at radius 1 is 0.650 bits per heavy atom. The molecule has 0 fully saturated rings. The molecular weight excluding hydrogens is 825 g/mol. The molecule has 5 atom stereocenters. The number of carbonyl (C=O) groups excluding carboxylic acids is 4. The summed E-state index contributed by atoms with van der Waals surface area (Å²) in [5, 5.41) is 15.4. The smallest absolute Gasteiger partial charge is 0.326 e. The minimum Gasteiger partial charge on any atom is -0.480 e. The van der Waals surface area contributed by atoms with E-state index in [1.54, 1.807) is 12.1 Å². The Kier molecular flexibility index (Phi) is 19.0. The van der Waals surface area contributed by atoms with Crippen LogP contribution in [0.1, 0.15) is 40.7 Å². The standard InChI is InChI=1S/C44H51N4O9S3/c1-29-15-17-33(18-16-29)25-38(44(53)54)47-42(51)34(26-41(50)36(45)23-32-19-21-35(22-20-32)60(55,56)57)27-58-59-28-39(40(49)14-8-13-30-9-4-2-5-10-30)48-43(52)37(46)24-31-11-6-3-7-12-31/h2-12,15-22,34,36-39H,13-14,23-28,45-46H2,1H3,(H,47,51)(H,48,52)(H,53,54)(H,55,56,57). The third-order valence-electron chi connectivity index (χ3n) is 9.58. The van der Waals surface area contributed by atoms with Gasteiger partial charge in [0.05, 0.1) is 28.9 Å². The molecule has 0 saturated carbocycles. The van der Waals surface area contributed by atoms with Crippen LogP contribution in [0.4, 0.5) is 0 Å². The van der Waals surface area contributed by atoms with E-state index in [0.29, 0.717) is 17.5 Å². The summed E-state index contributed by atoms with van der Waals surface area (Å²) in [6.45, 7) is 1.90. The van der Waals surface area contributed by atoms with Crippen molar-refractivity contribution in [3.8, 4) is 0 Å². The van der Waals surface area contributed by atoms with Gasteiger partial charge in [-0.05, 0) is 67.0 Å². The highest BCUT2D eigenvalue weighted by molar-refractivity contribution is 8.76. The number of nitrogens with one attached hydrogen (secondary N) is 2. The number of amides is 2. The fourth-order valence-electron chi connectivity index (χ4n) is 6.07. The van der Waals surface area contributed by atoms with Crippen LogP contribution in [0.2, 0.25) is 0 Å². The monoisotopic (exact) mass is 875 g/mol. The highest BCUT2D eigenvalue weighted by Crippen LogP contribution is 2.28. The van der Waals surface area contributed by atoms with Gasteiger partial charge >= 0.3 is 5.97 Å². The zero-order chi connectivity index (χ0) is 43.7. The Morgan fingerprint density at radius 3 is 1.77 bits per heavy atom. The highest BCUT2D eigenvalue weighted by atomic mass is 33.1. The van der Waals surface area contributed by atoms with Crippen molar-refractivity contribution < 1.29 is 42.0 Å². The van der Waals surface area contributed by atoms with Crippen molar-refractivity contribution in [2.45, 2.75) is 74.5 Å². The van der Waals surface area contributed by atoms with E-state index in [1.165, 1.54) is 45.9 Å². The minimum atomic E-state index is -4.42. The number of carboxylic acid groups (broad SMARTS) is 1. The molecule has 2 amide bonds. The number of aliphatic carboxylic acids is 1. The molecule has 8 N–H and O–H groups in total. The van der Waals surface area contributed by atoms with E-state index in [9.17, 15) is 42.0 Å². The van der Waals surface area contributed by atoms with Crippen molar-refractivity contribution in [3.63, 3.8) is 0 Å². The Hall–Kier alpha value is -4.84. The van der Waals surface area contributed by atoms with Gasteiger partial charge in [0, 0.05) is 30.8 Å². The van der Waals surface area contributed by atoms with Crippen LogP contribution < -0.4 is 22.1 Å². The number of hydrogen-bond donors (Lipinski definition) is 6. The largest absolute Gasteiger partial charge is 0.480 e. The van der Waals surface area contributed by atoms with Gasteiger partial charge in [-0.2, -0.15) is 8.42 Å². The second-order valence-corrected chi connectivity index (χ2v) is 18.4. The Bertz CT molecular complexity index is 2140. The summed E-state index contributed by atoms with van der Waals surface area (Å²) in [6.07, 6.45) is 2.39. The summed E-state index contributed by atoms with van der Waals surface area (Å²) in [7, 11) is -2.02. The SMILES string of the molecule is Cc1ccc(CC(NC(=O)C(CSSCC(NC(=O)C(N)Cc2ccccc2)C(=O)C[CH]Cc2ccccc2)CC(=O)C(N)Cc2ccc(S(=O)(=O)O)cc2)C(=O)O)cc1. The summed E-state index contributed by atoms with van der Waals surface area (Å²) in [5.74, 6) is -4.06. The number of rotatable bonds is 25. The van der Waals surface area contributed by atoms with E-state index in [1.807, 2.05) is 86.1 Å². The quantitative estimate of drug-likeness (QED) is 0.0309. The van der Waals surface area contributed by atoms with E-state index >= 15 is 0 Å². The van der Waals surface area contributed by atoms with Gasteiger partial charge < -0.3 is 27.2 Å². The van der Waals surface area contributed by atoms with Gasteiger partial charge in [-0.3, -0.25) is 23.7 Å². The molecule has 0 saturated heterocycles. The van der Waals surface area contributed by atoms with E-state index in [4.69, 9.17) is 11.5 Å². The maximum atomic E-state index is 13.8. The second kappa shape index (κ2) is 23.8. The molecule has 0 aliphatic rings. The molecule has 60 heavy (non-hydrogen) atoms. The molecular formula is C44H51N4O9S3. The van der Waals surface area contributed by atoms with Crippen molar-refractivity contribution in [3.05, 3.63) is 143 Å². The zero-order valence-electron chi connectivity index (χ0n) is 33.1. The van der Waals surface area contributed by atoms with Gasteiger partial charge in [-0.15, -0.1) is 0 Å². The van der Waals surface area contributed by atoms with Crippen molar-refractivity contribution in [2.75, 3.05) is 11.5 Å². The van der Waals surface area contributed by atoms with E-state index in [2.05, 4.69) is 10.6 Å². The number of nitrogens with two attached hydrogens (primary N) is 2. The molecule has 4 aromatic rings. The predicted octanol–water partition coefficient (Wildman–Crippen LogP) is 4.34. The van der Waals surface area contributed by atoms with Gasteiger partial charge in [0.25, 0.3) is 10.1 Å². The lowest BCUT2D eigenvalue weighted by Crippen LogP contribution is -2.50. The molecule has 319 valence electrons. The maximum absolute atomic E-state index is 13.8. The third-order valence-corrected chi connectivity index (χ3v) is 12.9. The molecule has 16 heteroatoms. The van der Waals surface area contributed by atoms with Crippen LogP contribution in [0.25, 0.3) is 0 Å². The molecule has 0 bridgehead atoms. The lowest BCUT2D eigenvalue weighted by molar-refractivity contribution is -0.142. The Labute approximate surface area is 359 Å². The molecule has 4 aromatic carbocycles. The number of benzene rings is 4. The number of Topliss-reactive ketones (excluding diaryl/α,β-unsaturated/α-hetero) is 2. The van der Waals surface area contributed by atoms with Crippen LogP contribution in [-0.2, 0) is 59.8 Å². The summed E-state index contributed by atoms with van der Waals surface area (Å²) >= 11 is 0. The maximum Gasteiger partial charge on any atom is 0.326 e. The molecule has 0 aliphatic carbocycles. The summed E-state index contributed by atoms with van der Waals surface area (Å²) in [5.41, 5.74) is 16.6. The number of ketones is 2. The van der Waals surface area contributed by atoms with Crippen LogP contribution in [0, 0.1) is 19.3 Å². The van der Waals surface area contributed by atoms with Gasteiger partial charge in [0.2, 0.25) is 11.8 Å².